The summed E-state index contributed by atoms with van der Waals surface area (Å²) in [4.78, 5) is 0. The molecule has 1 aliphatic heterocycles. The molecule has 0 radical (unpaired) electrons. The van der Waals surface area contributed by atoms with E-state index >= 15 is 0 Å². The van der Waals surface area contributed by atoms with Crippen molar-refractivity contribution < 1.29 is 9.47 Å². The Kier molecular flexibility index (Phi) is 4.07. The molecule has 1 aliphatic rings. The van der Waals surface area contributed by atoms with E-state index in [0.29, 0.717) is 25.7 Å². The fourth-order valence-corrected chi connectivity index (χ4v) is 1.65. The Morgan fingerprint density at radius 2 is 2.31 bits per heavy atom. The maximum Gasteiger partial charge on any atom is 0.233 e. The predicted octanol–water partition coefficient (Wildman–Crippen LogP) is 0.538. The van der Waals surface area contributed by atoms with Crippen LogP contribution in [0.4, 0.5) is 0 Å². The van der Waals surface area contributed by atoms with E-state index in [1.807, 2.05) is 13.0 Å². The number of nitrogens with zero attached hydrogens (tertiary/aromatic N) is 2. The predicted molar refractivity (Wildman–Crippen MR) is 59.4 cm³/mol. The van der Waals surface area contributed by atoms with E-state index < -0.39 is 0 Å². The molecule has 2 rings (SSSR count). The summed E-state index contributed by atoms with van der Waals surface area (Å²) in [7, 11) is 0. The van der Waals surface area contributed by atoms with Gasteiger partial charge >= 0.3 is 0 Å². The third-order valence-electron chi connectivity index (χ3n) is 2.47. The molecule has 0 atom stereocenters. The monoisotopic (exact) mass is 223 g/mol. The molecule has 88 valence electrons. The maximum absolute atomic E-state index is 5.45. The highest BCUT2D eigenvalue weighted by Gasteiger charge is 2.11. The number of nitrogens with one attached hydrogen (secondary N) is 1. The maximum atomic E-state index is 5.45. The lowest BCUT2D eigenvalue weighted by molar-refractivity contribution is 0.108. The minimum atomic E-state index is 0.523. The van der Waals surface area contributed by atoms with Gasteiger partial charge in [0.25, 0.3) is 0 Å². The molecule has 0 aliphatic carbocycles. The molecule has 0 aromatic carbocycles. The van der Waals surface area contributed by atoms with Gasteiger partial charge in [0.2, 0.25) is 5.88 Å². The highest BCUT2D eigenvalue weighted by Crippen LogP contribution is 2.15. The van der Waals surface area contributed by atoms with Gasteiger partial charge in [-0.15, -0.1) is 5.10 Å². The van der Waals surface area contributed by atoms with Crippen LogP contribution in [0.3, 0.4) is 0 Å². The van der Waals surface area contributed by atoms with Gasteiger partial charge in [-0.2, -0.15) is 5.10 Å². The molecule has 0 saturated carbocycles. The van der Waals surface area contributed by atoms with E-state index in [-0.39, 0.29) is 0 Å². The van der Waals surface area contributed by atoms with Crippen LogP contribution in [0.1, 0.15) is 18.2 Å². The van der Waals surface area contributed by atoms with Crippen molar-refractivity contribution in [3.63, 3.8) is 0 Å². The van der Waals surface area contributed by atoms with Crippen molar-refractivity contribution in [3.8, 4) is 5.88 Å². The largest absolute Gasteiger partial charge is 0.474 e. The zero-order valence-electron chi connectivity index (χ0n) is 9.53. The molecule has 0 saturated heterocycles. The summed E-state index contributed by atoms with van der Waals surface area (Å²) in [6.07, 6.45) is 0.946. The van der Waals surface area contributed by atoms with Crippen LogP contribution in [0.2, 0.25) is 0 Å². The molecule has 0 fully saturated rings. The SMILES string of the molecule is CCOCCOc1cc2c(nn1)CCNC2. The quantitative estimate of drug-likeness (QED) is 0.738. The fourth-order valence-electron chi connectivity index (χ4n) is 1.65. The summed E-state index contributed by atoms with van der Waals surface area (Å²) in [5, 5.41) is 11.5. The van der Waals surface area contributed by atoms with Crippen LogP contribution >= 0.6 is 0 Å². The highest BCUT2D eigenvalue weighted by atomic mass is 16.5. The molecular formula is C11H17N3O2. The zero-order valence-corrected chi connectivity index (χ0v) is 9.53. The van der Waals surface area contributed by atoms with Gasteiger partial charge in [0.05, 0.1) is 12.3 Å². The second kappa shape index (κ2) is 5.77. The highest BCUT2D eigenvalue weighted by molar-refractivity contribution is 5.26. The summed E-state index contributed by atoms with van der Waals surface area (Å²) >= 11 is 0. The molecule has 5 nitrogen and oxygen atoms in total. The molecule has 2 heterocycles. The van der Waals surface area contributed by atoms with Crippen LogP contribution < -0.4 is 10.1 Å². The van der Waals surface area contributed by atoms with E-state index in [2.05, 4.69) is 15.5 Å². The minimum absolute atomic E-state index is 0.523. The third-order valence-corrected chi connectivity index (χ3v) is 2.47. The Morgan fingerprint density at radius 3 is 3.19 bits per heavy atom. The molecular weight excluding hydrogens is 206 g/mol. The van der Waals surface area contributed by atoms with Crippen molar-refractivity contribution in [3.05, 3.63) is 17.3 Å². The Balaban J connectivity index is 1.90. The van der Waals surface area contributed by atoms with E-state index in [4.69, 9.17) is 9.47 Å². The van der Waals surface area contributed by atoms with Gasteiger partial charge in [0.15, 0.2) is 0 Å². The standard InChI is InChI=1S/C11H17N3O2/c1-2-15-5-6-16-11-7-9-8-12-4-3-10(9)13-14-11/h7,12H,2-6,8H2,1H3. The zero-order chi connectivity index (χ0) is 11.2. The van der Waals surface area contributed by atoms with E-state index in [9.17, 15) is 0 Å². The van der Waals surface area contributed by atoms with Gasteiger partial charge < -0.3 is 14.8 Å². The summed E-state index contributed by atoms with van der Waals surface area (Å²) < 4.78 is 10.6. The number of fused-ring (bicyclic) bond motifs is 1. The molecule has 1 N–H and O–H groups in total. The van der Waals surface area contributed by atoms with Crippen LogP contribution in [-0.4, -0.2) is 36.6 Å². The van der Waals surface area contributed by atoms with Gasteiger partial charge in [-0.3, -0.25) is 0 Å². The molecule has 0 bridgehead atoms. The number of hydrogen-bond donors (Lipinski definition) is 1. The van der Waals surface area contributed by atoms with Crippen LogP contribution in [0.15, 0.2) is 6.07 Å². The lowest BCUT2D eigenvalue weighted by Crippen LogP contribution is -2.25. The van der Waals surface area contributed by atoms with E-state index in [1.54, 1.807) is 0 Å². The smallest absolute Gasteiger partial charge is 0.233 e. The van der Waals surface area contributed by atoms with Crippen LogP contribution in [0.5, 0.6) is 5.88 Å². The summed E-state index contributed by atoms with van der Waals surface area (Å²) in [5.74, 6) is 0.585. The lowest BCUT2D eigenvalue weighted by atomic mass is 10.1. The minimum Gasteiger partial charge on any atom is -0.474 e. The van der Waals surface area contributed by atoms with Crippen LogP contribution in [-0.2, 0) is 17.7 Å². The van der Waals surface area contributed by atoms with Gasteiger partial charge in [0.1, 0.15) is 6.61 Å². The Hall–Kier alpha value is -1.20. The van der Waals surface area contributed by atoms with Crippen LogP contribution in [0, 0.1) is 0 Å². The van der Waals surface area contributed by atoms with Gasteiger partial charge in [0, 0.05) is 32.2 Å². The Bertz CT molecular complexity index is 344. The first-order chi connectivity index (χ1) is 7.90. The van der Waals surface area contributed by atoms with Gasteiger partial charge in [-0.05, 0) is 12.5 Å². The van der Waals surface area contributed by atoms with E-state index in [1.165, 1.54) is 5.56 Å². The average molecular weight is 223 g/mol. The van der Waals surface area contributed by atoms with Gasteiger partial charge in [-0.25, -0.2) is 0 Å². The van der Waals surface area contributed by atoms with Gasteiger partial charge in [-0.1, -0.05) is 0 Å². The molecule has 5 heteroatoms. The van der Waals surface area contributed by atoms with Crippen LogP contribution in [0.25, 0.3) is 0 Å². The van der Waals surface area contributed by atoms with E-state index in [0.717, 1.165) is 25.2 Å². The third kappa shape index (κ3) is 2.90. The molecule has 0 spiro atoms. The molecule has 0 amide bonds. The van der Waals surface area contributed by atoms with Crippen molar-refractivity contribution in [1.82, 2.24) is 15.5 Å². The summed E-state index contributed by atoms with van der Waals surface area (Å²) in [6, 6.07) is 1.96. The van der Waals surface area contributed by atoms with Crippen molar-refractivity contribution >= 4 is 0 Å². The molecule has 0 unspecified atom stereocenters. The second-order valence-electron chi connectivity index (χ2n) is 3.63. The first-order valence-electron chi connectivity index (χ1n) is 5.67. The van der Waals surface area contributed by atoms with Crippen molar-refractivity contribution in [2.75, 3.05) is 26.4 Å². The topological polar surface area (TPSA) is 56.3 Å². The number of ether oxygens (including phenoxy) is 2. The number of aromatic nitrogens is 2. The number of hydrogen-bond acceptors (Lipinski definition) is 5. The molecule has 1 aromatic rings. The Labute approximate surface area is 95.2 Å². The fraction of sp³-hybridized carbons (Fsp3) is 0.636. The van der Waals surface area contributed by atoms with Crippen molar-refractivity contribution in [2.24, 2.45) is 0 Å². The summed E-state index contributed by atoms with van der Waals surface area (Å²) in [5.41, 5.74) is 2.27. The second-order valence-corrected chi connectivity index (χ2v) is 3.63. The first-order valence-corrected chi connectivity index (χ1v) is 5.67. The van der Waals surface area contributed by atoms with Crippen molar-refractivity contribution in [1.29, 1.82) is 0 Å². The first kappa shape index (κ1) is 11.3. The Morgan fingerprint density at radius 1 is 1.38 bits per heavy atom. The average Bonchev–Trinajstić information content (AvgIpc) is 2.34. The molecule has 1 aromatic heterocycles. The normalized spacial score (nSPS) is 14.6. The molecule has 16 heavy (non-hydrogen) atoms. The summed E-state index contributed by atoms with van der Waals surface area (Å²) in [6.45, 7) is 5.62. The number of rotatable bonds is 5. The van der Waals surface area contributed by atoms with Crippen molar-refractivity contribution in [2.45, 2.75) is 19.9 Å². The lowest BCUT2D eigenvalue weighted by Gasteiger charge is -2.15.